The lowest BCUT2D eigenvalue weighted by Gasteiger charge is -2.17. The van der Waals surface area contributed by atoms with Crippen LogP contribution in [-0.2, 0) is 4.79 Å². The van der Waals surface area contributed by atoms with Crippen molar-refractivity contribution in [2.45, 2.75) is 25.9 Å². The molecule has 0 radical (unpaired) electrons. The lowest BCUT2D eigenvalue weighted by molar-refractivity contribution is -0.131. The highest BCUT2D eigenvalue weighted by molar-refractivity contribution is 5.85. The normalized spacial score (nSPS) is 40.3. The van der Waals surface area contributed by atoms with Crippen LogP contribution in [0.3, 0.4) is 0 Å². The van der Waals surface area contributed by atoms with E-state index in [0.717, 1.165) is 12.8 Å². The van der Waals surface area contributed by atoms with E-state index in [9.17, 15) is 4.79 Å². The minimum Gasteiger partial charge on any atom is -0.386 e. The van der Waals surface area contributed by atoms with Crippen LogP contribution < -0.4 is 0 Å². The molecule has 1 saturated carbocycles. The summed E-state index contributed by atoms with van der Waals surface area (Å²) in [6, 6.07) is 0. The van der Waals surface area contributed by atoms with Crippen molar-refractivity contribution in [2.75, 3.05) is 0 Å². The van der Waals surface area contributed by atoms with Gasteiger partial charge in [-0.05, 0) is 31.6 Å². The average Bonchev–Trinajstić information content (AvgIpc) is 2.62. The first-order chi connectivity index (χ1) is 5.68. The molecule has 0 saturated heterocycles. The summed E-state index contributed by atoms with van der Waals surface area (Å²) < 4.78 is 0. The molecule has 0 amide bonds. The molecule has 0 aromatic carbocycles. The van der Waals surface area contributed by atoms with Gasteiger partial charge in [0.2, 0.25) is 0 Å². The largest absolute Gasteiger partial charge is 0.386 e. The van der Waals surface area contributed by atoms with Gasteiger partial charge < -0.3 is 5.11 Å². The van der Waals surface area contributed by atoms with Crippen LogP contribution in [0.4, 0.5) is 0 Å². The first kappa shape index (κ1) is 7.99. The number of rotatable bonds is 2. The number of allylic oxidation sites excluding steroid dienone is 2. The Kier molecular flexibility index (Phi) is 1.80. The molecule has 2 aliphatic rings. The number of hydrogen-bond acceptors (Lipinski definition) is 2. The predicted octanol–water partition coefficient (Wildman–Crippen LogP) is 1.15. The van der Waals surface area contributed by atoms with Crippen LogP contribution in [0.1, 0.15) is 19.8 Å². The van der Waals surface area contributed by atoms with E-state index in [1.165, 1.54) is 0 Å². The Bertz CT molecular complexity index is 230. The van der Waals surface area contributed by atoms with E-state index in [2.05, 4.69) is 12.2 Å². The van der Waals surface area contributed by atoms with Crippen molar-refractivity contribution in [1.29, 1.82) is 0 Å². The fraction of sp³-hybridized carbons (Fsp3) is 0.700. The molecule has 0 aliphatic heterocycles. The van der Waals surface area contributed by atoms with E-state index in [1.54, 1.807) is 6.92 Å². The van der Waals surface area contributed by atoms with Crippen molar-refractivity contribution in [2.24, 2.45) is 17.8 Å². The lowest BCUT2D eigenvalue weighted by atomic mass is 9.88. The molecule has 12 heavy (non-hydrogen) atoms. The molecule has 1 N–H and O–H groups in total. The summed E-state index contributed by atoms with van der Waals surface area (Å²) in [5.41, 5.74) is 0. The molecule has 1 fully saturated rings. The molecule has 2 aliphatic carbocycles. The Morgan fingerprint density at radius 1 is 1.50 bits per heavy atom. The van der Waals surface area contributed by atoms with Crippen molar-refractivity contribution in [3.8, 4) is 0 Å². The zero-order valence-corrected chi connectivity index (χ0v) is 7.23. The number of carbonyl (C=O) groups is 1. The molecular formula is C10H14O2. The highest BCUT2D eigenvalue weighted by Crippen LogP contribution is 2.44. The maximum Gasteiger partial charge on any atom is 0.164 e. The van der Waals surface area contributed by atoms with Gasteiger partial charge in [0.05, 0.1) is 0 Å². The molecule has 2 heteroatoms. The van der Waals surface area contributed by atoms with Gasteiger partial charge in [0.1, 0.15) is 6.10 Å². The Morgan fingerprint density at radius 2 is 2.25 bits per heavy atom. The second-order valence-corrected chi connectivity index (χ2v) is 3.97. The number of Topliss-reactive ketones (excluding diaryl/α,β-unsaturated/α-hetero) is 1. The Hall–Kier alpha value is -0.630. The number of hydrogen-bond donors (Lipinski definition) is 1. The van der Waals surface area contributed by atoms with Crippen molar-refractivity contribution in [3.63, 3.8) is 0 Å². The third kappa shape index (κ3) is 1.11. The summed E-state index contributed by atoms with van der Waals surface area (Å²) in [6.45, 7) is 1.57. The van der Waals surface area contributed by atoms with Gasteiger partial charge in [0, 0.05) is 5.92 Å². The van der Waals surface area contributed by atoms with E-state index >= 15 is 0 Å². The topological polar surface area (TPSA) is 37.3 Å². The SMILES string of the molecule is C[C@H](O)C(=O)[C@H]1C[C@H]2C=C[C@@H]1C2. The summed E-state index contributed by atoms with van der Waals surface area (Å²) in [7, 11) is 0. The van der Waals surface area contributed by atoms with E-state index in [0.29, 0.717) is 11.8 Å². The third-order valence-electron chi connectivity index (χ3n) is 3.06. The molecular weight excluding hydrogens is 152 g/mol. The van der Waals surface area contributed by atoms with Crippen LogP contribution >= 0.6 is 0 Å². The molecule has 4 atom stereocenters. The fourth-order valence-electron chi connectivity index (χ4n) is 2.42. The first-order valence-corrected chi connectivity index (χ1v) is 4.58. The smallest absolute Gasteiger partial charge is 0.164 e. The van der Waals surface area contributed by atoms with E-state index in [1.807, 2.05) is 0 Å². The van der Waals surface area contributed by atoms with E-state index in [4.69, 9.17) is 5.11 Å². The summed E-state index contributed by atoms with van der Waals surface area (Å²) in [6.07, 6.45) is 5.66. The zero-order chi connectivity index (χ0) is 8.72. The van der Waals surface area contributed by atoms with Crippen LogP contribution in [0.25, 0.3) is 0 Å². The number of aliphatic hydroxyl groups excluding tert-OH is 1. The maximum atomic E-state index is 11.5. The molecule has 0 unspecified atom stereocenters. The molecule has 2 rings (SSSR count). The van der Waals surface area contributed by atoms with Gasteiger partial charge in [-0.25, -0.2) is 0 Å². The molecule has 2 bridgehead atoms. The van der Waals surface area contributed by atoms with Crippen molar-refractivity contribution < 1.29 is 9.90 Å². The minimum atomic E-state index is -0.775. The standard InChI is InChI=1S/C10H14O2/c1-6(11)10(12)9-5-7-2-3-8(9)4-7/h2-3,6-9,11H,4-5H2,1H3/t6-,7-,8+,9-/m0/s1. The van der Waals surface area contributed by atoms with Gasteiger partial charge in [-0.1, -0.05) is 12.2 Å². The summed E-state index contributed by atoms with van der Waals surface area (Å²) >= 11 is 0. The number of ketones is 1. The molecule has 2 nitrogen and oxygen atoms in total. The second-order valence-electron chi connectivity index (χ2n) is 3.97. The van der Waals surface area contributed by atoms with Crippen LogP contribution in [0.15, 0.2) is 12.2 Å². The second kappa shape index (κ2) is 2.70. The van der Waals surface area contributed by atoms with Gasteiger partial charge in [0.15, 0.2) is 5.78 Å². The fourth-order valence-corrected chi connectivity index (χ4v) is 2.42. The summed E-state index contributed by atoms with van der Waals surface area (Å²) in [5.74, 6) is 1.19. The lowest BCUT2D eigenvalue weighted by Crippen LogP contribution is -2.28. The number of fused-ring (bicyclic) bond motifs is 2. The average molecular weight is 166 g/mol. The van der Waals surface area contributed by atoms with Crippen molar-refractivity contribution >= 4 is 5.78 Å². The molecule has 0 heterocycles. The third-order valence-corrected chi connectivity index (χ3v) is 3.06. The zero-order valence-electron chi connectivity index (χ0n) is 7.23. The van der Waals surface area contributed by atoms with Crippen LogP contribution in [0.5, 0.6) is 0 Å². The first-order valence-electron chi connectivity index (χ1n) is 4.58. The van der Waals surface area contributed by atoms with Gasteiger partial charge in [-0.2, -0.15) is 0 Å². The molecule has 0 aromatic heterocycles. The van der Waals surface area contributed by atoms with E-state index < -0.39 is 6.10 Å². The Balaban J connectivity index is 2.08. The molecule has 0 spiro atoms. The highest BCUT2D eigenvalue weighted by Gasteiger charge is 2.40. The quantitative estimate of drug-likeness (QED) is 0.625. The molecule has 0 aromatic rings. The van der Waals surface area contributed by atoms with Gasteiger partial charge in [0.25, 0.3) is 0 Å². The van der Waals surface area contributed by atoms with Crippen LogP contribution in [0, 0.1) is 17.8 Å². The van der Waals surface area contributed by atoms with Gasteiger partial charge in [-0.3, -0.25) is 4.79 Å². The predicted molar refractivity (Wildman–Crippen MR) is 45.5 cm³/mol. The van der Waals surface area contributed by atoms with Crippen molar-refractivity contribution in [3.05, 3.63) is 12.2 Å². The van der Waals surface area contributed by atoms with E-state index in [-0.39, 0.29) is 11.7 Å². The van der Waals surface area contributed by atoms with Crippen LogP contribution in [-0.4, -0.2) is 17.0 Å². The highest BCUT2D eigenvalue weighted by atomic mass is 16.3. The Labute approximate surface area is 72.3 Å². The van der Waals surface area contributed by atoms with Gasteiger partial charge >= 0.3 is 0 Å². The number of carbonyl (C=O) groups excluding carboxylic acids is 1. The number of aliphatic hydroxyl groups is 1. The summed E-state index contributed by atoms with van der Waals surface area (Å²) in [5, 5.41) is 9.14. The Morgan fingerprint density at radius 3 is 2.67 bits per heavy atom. The minimum absolute atomic E-state index is 0.0341. The van der Waals surface area contributed by atoms with Crippen molar-refractivity contribution in [1.82, 2.24) is 0 Å². The molecule has 66 valence electrons. The summed E-state index contributed by atoms with van der Waals surface area (Å²) in [4.78, 5) is 11.5. The van der Waals surface area contributed by atoms with Crippen LogP contribution in [0.2, 0.25) is 0 Å². The monoisotopic (exact) mass is 166 g/mol. The maximum absolute atomic E-state index is 11.5. The van der Waals surface area contributed by atoms with Gasteiger partial charge in [-0.15, -0.1) is 0 Å².